The van der Waals surface area contributed by atoms with Crippen LogP contribution in [0.2, 0.25) is 0 Å². The van der Waals surface area contributed by atoms with Crippen molar-refractivity contribution in [1.29, 1.82) is 0 Å². The van der Waals surface area contributed by atoms with Gasteiger partial charge in [-0.05, 0) is 15.9 Å². The zero-order valence-corrected chi connectivity index (χ0v) is 9.05. The van der Waals surface area contributed by atoms with Gasteiger partial charge in [0.25, 0.3) is 5.91 Å². The molecule has 0 aliphatic rings. The van der Waals surface area contributed by atoms with Gasteiger partial charge < -0.3 is 5.73 Å². The second-order valence-corrected chi connectivity index (χ2v) is 3.51. The Morgan fingerprint density at radius 1 is 1.40 bits per heavy atom. The third-order valence-corrected chi connectivity index (χ3v) is 2.11. The third kappa shape index (κ3) is 1.86. The molecule has 0 saturated heterocycles. The van der Waals surface area contributed by atoms with Crippen molar-refractivity contribution >= 4 is 27.7 Å². The van der Waals surface area contributed by atoms with Crippen LogP contribution in [0.3, 0.4) is 0 Å². The summed E-state index contributed by atoms with van der Waals surface area (Å²) in [7, 11) is 0. The number of anilines is 1. The Bertz CT molecular complexity index is 492. The maximum Gasteiger partial charge on any atom is 0.300 e. The Balaban J connectivity index is 2.37. The number of aromatic nitrogens is 4. The lowest BCUT2D eigenvalue weighted by Gasteiger charge is -2.00. The first kappa shape index (κ1) is 9.78. The van der Waals surface area contributed by atoms with Gasteiger partial charge in [0.1, 0.15) is 16.1 Å². The van der Waals surface area contributed by atoms with E-state index in [9.17, 15) is 4.79 Å². The van der Waals surface area contributed by atoms with Crippen molar-refractivity contribution < 1.29 is 4.79 Å². The quantitative estimate of drug-likeness (QED) is 0.822. The molecule has 6 nitrogen and oxygen atoms in total. The lowest BCUT2D eigenvalue weighted by Crippen LogP contribution is -2.17. The molecule has 0 atom stereocenters. The molecule has 7 heteroatoms. The van der Waals surface area contributed by atoms with E-state index in [4.69, 9.17) is 5.73 Å². The molecule has 2 N–H and O–H groups in total. The molecule has 0 radical (unpaired) electrons. The Hall–Kier alpha value is -1.76. The van der Waals surface area contributed by atoms with Crippen molar-refractivity contribution in [1.82, 2.24) is 19.7 Å². The smallest absolute Gasteiger partial charge is 0.300 e. The van der Waals surface area contributed by atoms with E-state index < -0.39 is 5.91 Å². The lowest BCUT2D eigenvalue weighted by molar-refractivity contribution is 0.0942. The molecule has 0 aromatic carbocycles. The van der Waals surface area contributed by atoms with Crippen LogP contribution in [0, 0.1) is 0 Å². The van der Waals surface area contributed by atoms with E-state index in [0.29, 0.717) is 4.60 Å². The van der Waals surface area contributed by atoms with Gasteiger partial charge in [-0.3, -0.25) is 4.79 Å². The van der Waals surface area contributed by atoms with Crippen LogP contribution in [0.1, 0.15) is 10.5 Å². The summed E-state index contributed by atoms with van der Waals surface area (Å²) in [6.07, 6.45) is 4.24. The summed E-state index contributed by atoms with van der Waals surface area (Å²) in [6, 6.07) is 1.53. The standard InChI is InChI=1S/C8H6BrN5O/c9-6-4-11-5(3-12-6)8(15)14-7(10)1-2-13-14/h1-4H,10H2. The molecule has 2 heterocycles. The van der Waals surface area contributed by atoms with Gasteiger partial charge in [-0.25, -0.2) is 9.97 Å². The highest BCUT2D eigenvalue weighted by molar-refractivity contribution is 9.10. The Morgan fingerprint density at radius 2 is 2.20 bits per heavy atom. The molecule has 2 aromatic rings. The van der Waals surface area contributed by atoms with Crippen LogP contribution < -0.4 is 5.73 Å². The van der Waals surface area contributed by atoms with Gasteiger partial charge in [0, 0.05) is 6.07 Å². The van der Waals surface area contributed by atoms with E-state index in [-0.39, 0.29) is 11.5 Å². The largest absolute Gasteiger partial charge is 0.383 e. The van der Waals surface area contributed by atoms with Gasteiger partial charge >= 0.3 is 0 Å². The van der Waals surface area contributed by atoms with Crippen LogP contribution in [0.25, 0.3) is 0 Å². The number of carbonyl (C=O) groups is 1. The fraction of sp³-hybridized carbons (Fsp3) is 0. The number of hydrogen-bond donors (Lipinski definition) is 1. The molecular weight excluding hydrogens is 262 g/mol. The predicted octanol–water partition coefficient (Wildman–Crippen LogP) is 0.706. The fourth-order valence-corrected chi connectivity index (χ4v) is 1.22. The normalized spacial score (nSPS) is 10.2. The minimum atomic E-state index is -0.405. The predicted molar refractivity (Wildman–Crippen MR) is 56.1 cm³/mol. The van der Waals surface area contributed by atoms with Gasteiger partial charge in [-0.15, -0.1) is 0 Å². The number of nitrogens with two attached hydrogens (primary N) is 1. The van der Waals surface area contributed by atoms with Gasteiger partial charge in [-0.1, -0.05) is 0 Å². The van der Waals surface area contributed by atoms with Crippen LogP contribution in [-0.2, 0) is 0 Å². The summed E-state index contributed by atoms with van der Waals surface area (Å²) in [4.78, 5) is 19.5. The summed E-state index contributed by atoms with van der Waals surface area (Å²) in [5, 5.41) is 3.78. The minimum absolute atomic E-state index is 0.189. The average Bonchev–Trinajstić information content (AvgIpc) is 2.65. The molecule has 2 rings (SSSR count). The first-order valence-corrected chi connectivity index (χ1v) is 4.79. The number of hydrogen-bond acceptors (Lipinski definition) is 5. The van der Waals surface area contributed by atoms with E-state index in [0.717, 1.165) is 4.68 Å². The third-order valence-electron chi connectivity index (χ3n) is 1.70. The molecule has 0 unspecified atom stereocenters. The molecule has 15 heavy (non-hydrogen) atoms. The Morgan fingerprint density at radius 3 is 2.73 bits per heavy atom. The first-order chi connectivity index (χ1) is 7.18. The van der Waals surface area contributed by atoms with Crippen LogP contribution in [0.15, 0.2) is 29.3 Å². The zero-order valence-electron chi connectivity index (χ0n) is 7.46. The molecular formula is C8H6BrN5O. The summed E-state index contributed by atoms with van der Waals surface area (Å²) < 4.78 is 1.63. The Kier molecular flexibility index (Phi) is 2.46. The number of nitrogen functional groups attached to an aromatic ring is 1. The molecule has 76 valence electrons. The molecule has 0 aliphatic heterocycles. The highest BCUT2D eigenvalue weighted by Crippen LogP contribution is 2.06. The van der Waals surface area contributed by atoms with Crippen molar-refractivity contribution in [3.05, 3.63) is 35.0 Å². The Labute approximate surface area is 93.3 Å². The summed E-state index contributed by atoms with van der Waals surface area (Å²) in [5.41, 5.74) is 5.72. The second-order valence-electron chi connectivity index (χ2n) is 2.70. The minimum Gasteiger partial charge on any atom is -0.383 e. The highest BCUT2D eigenvalue weighted by atomic mass is 79.9. The molecule has 0 aliphatic carbocycles. The first-order valence-electron chi connectivity index (χ1n) is 4.00. The van der Waals surface area contributed by atoms with Crippen molar-refractivity contribution in [2.45, 2.75) is 0 Å². The summed E-state index contributed by atoms with van der Waals surface area (Å²) >= 11 is 3.13. The van der Waals surface area contributed by atoms with E-state index >= 15 is 0 Å². The van der Waals surface area contributed by atoms with Gasteiger partial charge in [0.15, 0.2) is 0 Å². The van der Waals surface area contributed by atoms with Crippen molar-refractivity contribution in [3.8, 4) is 0 Å². The van der Waals surface area contributed by atoms with E-state index in [1.807, 2.05) is 0 Å². The summed E-state index contributed by atoms with van der Waals surface area (Å²) in [6.45, 7) is 0. The van der Waals surface area contributed by atoms with Crippen LogP contribution in [-0.4, -0.2) is 25.7 Å². The van der Waals surface area contributed by atoms with Crippen LogP contribution in [0.4, 0.5) is 5.82 Å². The SMILES string of the molecule is Nc1ccnn1C(=O)c1cnc(Br)cn1. The molecule has 0 saturated carbocycles. The number of halogens is 1. The molecule has 0 spiro atoms. The monoisotopic (exact) mass is 267 g/mol. The number of rotatable bonds is 1. The van der Waals surface area contributed by atoms with Crippen molar-refractivity contribution in [2.75, 3.05) is 5.73 Å². The van der Waals surface area contributed by atoms with Crippen LogP contribution in [0.5, 0.6) is 0 Å². The van der Waals surface area contributed by atoms with Gasteiger partial charge in [0.2, 0.25) is 0 Å². The van der Waals surface area contributed by atoms with Gasteiger partial charge in [-0.2, -0.15) is 9.78 Å². The molecule has 0 bridgehead atoms. The topological polar surface area (TPSA) is 86.7 Å². The number of carbonyl (C=O) groups excluding carboxylic acids is 1. The molecule has 2 aromatic heterocycles. The number of nitrogens with zero attached hydrogens (tertiary/aromatic N) is 4. The van der Waals surface area contributed by atoms with Crippen molar-refractivity contribution in [3.63, 3.8) is 0 Å². The van der Waals surface area contributed by atoms with Gasteiger partial charge in [0.05, 0.1) is 18.6 Å². The fourth-order valence-electron chi connectivity index (χ4n) is 1.01. The van der Waals surface area contributed by atoms with E-state index in [2.05, 4.69) is 31.0 Å². The molecule has 0 fully saturated rings. The van der Waals surface area contributed by atoms with E-state index in [1.165, 1.54) is 24.7 Å². The maximum atomic E-state index is 11.7. The highest BCUT2D eigenvalue weighted by Gasteiger charge is 2.13. The second kappa shape index (κ2) is 3.77. The average molecular weight is 268 g/mol. The van der Waals surface area contributed by atoms with Crippen LogP contribution >= 0.6 is 15.9 Å². The van der Waals surface area contributed by atoms with E-state index in [1.54, 1.807) is 0 Å². The zero-order chi connectivity index (χ0) is 10.8. The maximum absolute atomic E-state index is 11.7. The lowest BCUT2D eigenvalue weighted by atomic mass is 10.4. The molecule has 0 amide bonds. The van der Waals surface area contributed by atoms with Crippen molar-refractivity contribution in [2.24, 2.45) is 0 Å². The summed E-state index contributed by atoms with van der Waals surface area (Å²) in [5.74, 6) is -0.137.